The Morgan fingerprint density at radius 3 is 2.75 bits per heavy atom. The van der Waals surface area contributed by atoms with E-state index in [2.05, 4.69) is 10.6 Å². The molecule has 0 bridgehead atoms. The zero-order valence-electron chi connectivity index (χ0n) is 14.1. The van der Waals surface area contributed by atoms with Gasteiger partial charge in [0.05, 0.1) is 13.2 Å². The summed E-state index contributed by atoms with van der Waals surface area (Å²) in [5.74, 6) is 0.232. The number of benzene rings is 1. The average Bonchev–Trinajstić information content (AvgIpc) is 3.11. The Morgan fingerprint density at radius 2 is 2.12 bits per heavy atom. The van der Waals surface area contributed by atoms with Crippen molar-refractivity contribution in [2.45, 2.75) is 31.9 Å². The van der Waals surface area contributed by atoms with Crippen LogP contribution < -0.4 is 15.4 Å². The molecule has 2 N–H and O–H groups in total. The van der Waals surface area contributed by atoms with E-state index in [9.17, 15) is 9.59 Å². The van der Waals surface area contributed by atoms with Gasteiger partial charge in [0.15, 0.2) is 0 Å². The summed E-state index contributed by atoms with van der Waals surface area (Å²) in [6.45, 7) is 2.90. The van der Waals surface area contributed by atoms with Crippen LogP contribution >= 0.6 is 0 Å². The number of amides is 2. The van der Waals surface area contributed by atoms with Crippen molar-refractivity contribution in [1.29, 1.82) is 0 Å². The number of rotatable bonds is 7. The van der Waals surface area contributed by atoms with Gasteiger partial charge in [0.2, 0.25) is 11.8 Å². The maximum atomic E-state index is 12.0. The fraction of sp³-hybridized carbons (Fsp3) is 0.444. The minimum absolute atomic E-state index is 0.0896. The molecule has 0 aliphatic carbocycles. The van der Waals surface area contributed by atoms with E-state index in [0.29, 0.717) is 6.54 Å². The molecule has 1 aromatic carbocycles. The molecule has 2 amide bonds. The molecule has 1 saturated heterocycles. The zero-order chi connectivity index (χ0) is 17.4. The second-order valence-corrected chi connectivity index (χ2v) is 5.72. The molecule has 6 heteroatoms. The number of nitrogens with one attached hydrogen (secondary N) is 2. The Balaban J connectivity index is 1.75. The van der Waals surface area contributed by atoms with Crippen molar-refractivity contribution >= 4 is 17.9 Å². The first kappa shape index (κ1) is 18.0. The van der Waals surface area contributed by atoms with Crippen molar-refractivity contribution in [2.24, 2.45) is 0 Å². The van der Waals surface area contributed by atoms with Gasteiger partial charge in [-0.1, -0.05) is 12.1 Å². The van der Waals surface area contributed by atoms with Gasteiger partial charge in [-0.3, -0.25) is 9.59 Å². The quantitative estimate of drug-likeness (QED) is 0.742. The molecule has 1 aliphatic rings. The standard InChI is InChI=1S/C18H24N2O4/c1-13(18(22)19-12-16-4-3-11-24-16)20-17(21)10-7-14-5-8-15(23-2)9-6-14/h5-10,13,16H,3-4,11-12H2,1-2H3,(H,19,22)(H,20,21)/b10-7+. The van der Waals surface area contributed by atoms with E-state index < -0.39 is 6.04 Å². The molecule has 2 rings (SSSR count). The first-order chi connectivity index (χ1) is 11.6. The Kier molecular flexibility index (Phi) is 6.81. The predicted octanol–water partition coefficient (Wildman–Crippen LogP) is 1.51. The second-order valence-electron chi connectivity index (χ2n) is 5.72. The van der Waals surface area contributed by atoms with Gasteiger partial charge in [0, 0.05) is 19.2 Å². The largest absolute Gasteiger partial charge is 0.497 e. The van der Waals surface area contributed by atoms with Crippen LogP contribution in [-0.4, -0.2) is 44.2 Å². The molecule has 0 saturated carbocycles. The Hall–Kier alpha value is -2.34. The first-order valence-electron chi connectivity index (χ1n) is 8.10. The third-order valence-corrected chi connectivity index (χ3v) is 3.82. The number of hydrogen-bond donors (Lipinski definition) is 2. The Morgan fingerprint density at radius 1 is 1.38 bits per heavy atom. The highest BCUT2D eigenvalue weighted by Gasteiger charge is 2.19. The summed E-state index contributed by atoms with van der Waals surface area (Å²) in [5, 5.41) is 5.44. The SMILES string of the molecule is COc1ccc(/C=C/C(=O)NC(C)C(=O)NCC2CCCO2)cc1. The first-order valence-corrected chi connectivity index (χ1v) is 8.10. The van der Waals surface area contributed by atoms with Crippen molar-refractivity contribution in [2.75, 3.05) is 20.3 Å². The van der Waals surface area contributed by atoms with Crippen molar-refractivity contribution in [3.8, 4) is 5.75 Å². The summed E-state index contributed by atoms with van der Waals surface area (Å²) in [7, 11) is 1.60. The van der Waals surface area contributed by atoms with Crippen LogP contribution in [0.15, 0.2) is 30.3 Å². The Bertz CT molecular complexity index is 577. The Labute approximate surface area is 142 Å². The van der Waals surface area contributed by atoms with Crippen LogP contribution in [0.25, 0.3) is 6.08 Å². The third-order valence-electron chi connectivity index (χ3n) is 3.82. The molecule has 1 fully saturated rings. The van der Waals surface area contributed by atoms with Crippen LogP contribution in [0, 0.1) is 0 Å². The summed E-state index contributed by atoms with van der Waals surface area (Å²) < 4.78 is 10.5. The summed E-state index contributed by atoms with van der Waals surface area (Å²) in [6.07, 6.45) is 5.18. The summed E-state index contributed by atoms with van der Waals surface area (Å²) >= 11 is 0. The molecule has 24 heavy (non-hydrogen) atoms. The van der Waals surface area contributed by atoms with Crippen LogP contribution in [0.2, 0.25) is 0 Å². The fourth-order valence-corrected chi connectivity index (χ4v) is 2.39. The van der Waals surface area contributed by atoms with Gasteiger partial charge in [-0.25, -0.2) is 0 Å². The molecule has 2 atom stereocenters. The van der Waals surface area contributed by atoms with E-state index in [1.807, 2.05) is 24.3 Å². The molecule has 130 valence electrons. The van der Waals surface area contributed by atoms with E-state index in [1.54, 1.807) is 20.1 Å². The molecular weight excluding hydrogens is 308 g/mol. The topological polar surface area (TPSA) is 76.7 Å². The van der Waals surface area contributed by atoms with Crippen LogP contribution in [0.4, 0.5) is 0 Å². The number of hydrogen-bond acceptors (Lipinski definition) is 4. The highest BCUT2D eigenvalue weighted by molar-refractivity contribution is 5.95. The van der Waals surface area contributed by atoms with Gasteiger partial charge in [-0.05, 0) is 43.5 Å². The smallest absolute Gasteiger partial charge is 0.244 e. The van der Waals surface area contributed by atoms with E-state index in [4.69, 9.17) is 9.47 Å². The third kappa shape index (κ3) is 5.70. The maximum absolute atomic E-state index is 12.0. The maximum Gasteiger partial charge on any atom is 0.244 e. The van der Waals surface area contributed by atoms with Crippen LogP contribution in [0.5, 0.6) is 5.75 Å². The van der Waals surface area contributed by atoms with Gasteiger partial charge in [-0.2, -0.15) is 0 Å². The number of ether oxygens (including phenoxy) is 2. The van der Waals surface area contributed by atoms with E-state index >= 15 is 0 Å². The molecule has 0 aromatic heterocycles. The second kappa shape index (κ2) is 9.08. The van der Waals surface area contributed by atoms with Crippen LogP contribution in [0.1, 0.15) is 25.3 Å². The lowest BCUT2D eigenvalue weighted by molar-refractivity contribution is -0.127. The fourth-order valence-electron chi connectivity index (χ4n) is 2.39. The molecule has 1 aliphatic heterocycles. The molecule has 6 nitrogen and oxygen atoms in total. The van der Waals surface area contributed by atoms with E-state index in [0.717, 1.165) is 30.8 Å². The van der Waals surface area contributed by atoms with Crippen molar-refractivity contribution in [3.63, 3.8) is 0 Å². The number of carbonyl (C=O) groups excluding carboxylic acids is 2. The van der Waals surface area contributed by atoms with Gasteiger partial charge in [0.1, 0.15) is 11.8 Å². The minimum atomic E-state index is -0.598. The lowest BCUT2D eigenvalue weighted by Gasteiger charge is -2.15. The number of carbonyl (C=O) groups is 2. The normalized spacial score (nSPS) is 18.3. The lowest BCUT2D eigenvalue weighted by atomic mass is 10.2. The minimum Gasteiger partial charge on any atom is -0.497 e. The molecule has 2 unspecified atom stereocenters. The number of methoxy groups -OCH3 is 1. The average molecular weight is 332 g/mol. The van der Waals surface area contributed by atoms with Gasteiger partial charge in [-0.15, -0.1) is 0 Å². The van der Waals surface area contributed by atoms with Gasteiger partial charge in [0.25, 0.3) is 0 Å². The van der Waals surface area contributed by atoms with Crippen molar-refractivity contribution in [3.05, 3.63) is 35.9 Å². The van der Waals surface area contributed by atoms with E-state index in [-0.39, 0.29) is 17.9 Å². The highest BCUT2D eigenvalue weighted by Crippen LogP contribution is 2.12. The summed E-state index contributed by atoms with van der Waals surface area (Å²) in [6, 6.07) is 6.73. The van der Waals surface area contributed by atoms with Crippen LogP contribution in [0.3, 0.4) is 0 Å². The monoisotopic (exact) mass is 332 g/mol. The highest BCUT2D eigenvalue weighted by atomic mass is 16.5. The lowest BCUT2D eigenvalue weighted by Crippen LogP contribution is -2.46. The zero-order valence-corrected chi connectivity index (χ0v) is 14.1. The van der Waals surface area contributed by atoms with Crippen molar-refractivity contribution < 1.29 is 19.1 Å². The van der Waals surface area contributed by atoms with Gasteiger partial charge >= 0.3 is 0 Å². The van der Waals surface area contributed by atoms with Crippen molar-refractivity contribution in [1.82, 2.24) is 10.6 Å². The summed E-state index contributed by atoms with van der Waals surface area (Å²) in [5.41, 5.74) is 0.876. The molecule has 1 aromatic rings. The molecular formula is C18H24N2O4. The molecule has 1 heterocycles. The predicted molar refractivity (Wildman–Crippen MR) is 91.6 cm³/mol. The van der Waals surface area contributed by atoms with E-state index in [1.165, 1.54) is 6.08 Å². The summed E-state index contributed by atoms with van der Waals surface area (Å²) in [4.78, 5) is 23.8. The molecule has 0 spiro atoms. The molecule has 0 radical (unpaired) electrons. The van der Waals surface area contributed by atoms with Gasteiger partial charge < -0.3 is 20.1 Å². The van der Waals surface area contributed by atoms with Crippen LogP contribution in [-0.2, 0) is 14.3 Å².